The second kappa shape index (κ2) is 11.2. The van der Waals surface area contributed by atoms with Crippen LogP contribution in [0.15, 0.2) is 65.6 Å². The van der Waals surface area contributed by atoms with Gasteiger partial charge in [0.25, 0.3) is 5.91 Å². The summed E-state index contributed by atoms with van der Waals surface area (Å²) in [7, 11) is -4.08. The van der Waals surface area contributed by atoms with Gasteiger partial charge in [-0.1, -0.05) is 35.9 Å². The minimum atomic E-state index is -4.08. The van der Waals surface area contributed by atoms with Crippen LogP contribution >= 0.6 is 0 Å². The predicted octanol–water partition coefficient (Wildman–Crippen LogP) is 3.14. The molecule has 0 spiro atoms. The number of aliphatic carboxylic acids is 1. The number of anilines is 2. The van der Waals surface area contributed by atoms with Crippen molar-refractivity contribution in [3.8, 4) is 0 Å². The molecule has 194 valence electrons. The zero-order valence-electron chi connectivity index (χ0n) is 20.6. The van der Waals surface area contributed by atoms with E-state index in [0.29, 0.717) is 33.6 Å². The van der Waals surface area contributed by atoms with Gasteiger partial charge in [-0.05, 0) is 74.2 Å². The number of hydrogen-bond acceptors (Lipinski definition) is 5. The molecule has 3 rings (SSSR count). The third-order valence-electron chi connectivity index (χ3n) is 5.52. The van der Waals surface area contributed by atoms with Crippen LogP contribution in [0.5, 0.6) is 0 Å². The molecule has 0 aromatic heterocycles. The van der Waals surface area contributed by atoms with Crippen LogP contribution in [-0.4, -0.2) is 37.4 Å². The van der Waals surface area contributed by atoms with Crippen LogP contribution in [0, 0.1) is 26.2 Å². The van der Waals surface area contributed by atoms with Crippen molar-refractivity contribution in [3.63, 3.8) is 0 Å². The van der Waals surface area contributed by atoms with Crippen molar-refractivity contribution in [2.75, 3.05) is 10.6 Å². The number of rotatable bonds is 9. The molecular formula is C26H29N5O5S. The van der Waals surface area contributed by atoms with E-state index in [4.69, 9.17) is 11.1 Å². The zero-order valence-corrected chi connectivity index (χ0v) is 21.4. The molecule has 11 heteroatoms. The normalized spacial score (nSPS) is 12.0. The van der Waals surface area contributed by atoms with E-state index in [1.54, 1.807) is 74.5 Å². The Balaban J connectivity index is 1.72. The Morgan fingerprint density at radius 1 is 0.946 bits per heavy atom. The SMILES string of the molecule is Cc1cc(C)c(S(=O)(=O)N[C@@H](Cc2ccc(NC(=O)c3cccc(NC(=N)N)c3)cc2)C(=O)O)c(C)c1. The second-order valence-corrected chi connectivity index (χ2v) is 10.4. The van der Waals surface area contributed by atoms with E-state index >= 15 is 0 Å². The molecule has 3 aromatic carbocycles. The highest BCUT2D eigenvalue weighted by Crippen LogP contribution is 2.22. The molecule has 0 fully saturated rings. The van der Waals surface area contributed by atoms with Crippen LogP contribution in [0.2, 0.25) is 0 Å². The number of carbonyl (C=O) groups excluding carboxylic acids is 1. The van der Waals surface area contributed by atoms with Crippen LogP contribution in [0.4, 0.5) is 11.4 Å². The Morgan fingerprint density at radius 3 is 2.14 bits per heavy atom. The minimum Gasteiger partial charge on any atom is -0.480 e. The summed E-state index contributed by atoms with van der Waals surface area (Å²) in [5.74, 6) is -1.94. The summed E-state index contributed by atoms with van der Waals surface area (Å²) in [6.45, 7) is 5.21. The lowest BCUT2D eigenvalue weighted by Gasteiger charge is -2.18. The summed E-state index contributed by atoms with van der Waals surface area (Å²) >= 11 is 0. The molecule has 3 aromatic rings. The maximum absolute atomic E-state index is 13.0. The van der Waals surface area contributed by atoms with Gasteiger partial charge in [-0.2, -0.15) is 4.72 Å². The lowest BCUT2D eigenvalue weighted by atomic mass is 10.1. The molecule has 0 aliphatic heterocycles. The number of carboxylic acid groups (broad SMARTS) is 1. The van der Waals surface area contributed by atoms with Gasteiger partial charge in [0.05, 0.1) is 4.90 Å². The second-order valence-electron chi connectivity index (χ2n) is 8.71. The number of nitrogens with two attached hydrogens (primary N) is 1. The fourth-order valence-corrected chi connectivity index (χ4v) is 5.72. The van der Waals surface area contributed by atoms with Crippen LogP contribution in [0.25, 0.3) is 0 Å². The maximum atomic E-state index is 13.0. The van der Waals surface area contributed by atoms with Crippen molar-refractivity contribution < 1.29 is 23.1 Å². The van der Waals surface area contributed by atoms with E-state index in [1.807, 2.05) is 6.92 Å². The molecule has 0 radical (unpaired) electrons. The zero-order chi connectivity index (χ0) is 27.3. The van der Waals surface area contributed by atoms with E-state index in [-0.39, 0.29) is 23.2 Å². The summed E-state index contributed by atoms with van der Waals surface area (Å²) in [6, 6.07) is 15.0. The number of amides is 1. The van der Waals surface area contributed by atoms with Gasteiger partial charge in [0, 0.05) is 16.9 Å². The molecule has 1 amide bonds. The highest BCUT2D eigenvalue weighted by Gasteiger charge is 2.28. The van der Waals surface area contributed by atoms with Gasteiger partial charge in [-0.3, -0.25) is 15.0 Å². The number of sulfonamides is 1. The predicted molar refractivity (Wildman–Crippen MR) is 142 cm³/mol. The van der Waals surface area contributed by atoms with Crippen LogP contribution in [0.3, 0.4) is 0 Å². The lowest BCUT2D eigenvalue weighted by molar-refractivity contribution is -0.138. The molecule has 0 aliphatic carbocycles. The fourth-order valence-electron chi connectivity index (χ4n) is 4.07. The number of carboxylic acids is 1. The average Bonchev–Trinajstić information content (AvgIpc) is 2.78. The number of aryl methyl sites for hydroxylation is 3. The van der Waals surface area contributed by atoms with E-state index in [9.17, 15) is 23.1 Å². The minimum absolute atomic E-state index is 0.0741. The molecule has 0 saturated heterocycles. The first kappa shape index (κ1) is 27.4. The van der Waals surface area contributed by atoms with Crippen molar-refractivity contribution >= 4 is 39.2 Å². The Morgan fingerprint density at radius 2 is 1.57 bits per heavy atom. The van der Waals surface area contributed by atoms with Gasteiger partial charge in [0.2, 0.25) is 10.0 Å². The van der Waals surface area contributed by atoms with Crippen molar-refractivity contribution in [3.05, 3.63) is 88.5 Å². The fraction of sp³-hybridized carbons (Fsp3) is 0.192. The van der Waals surface area contributed by atoms with Crippen LogP contribution in [-0.2, 0) is 21.2 Å². The summed E-state index contributed by atoms with van der Waals surface area (Å²) < 4.78 is 28.4. The van der Waals surface area contributed by atoms with Crippen molar-refractivity contribution in [1.82, 2.24) is 4.72 Å². The Hall–Kier alpha value is -4.22. The molecule has 0 aliphatic rings. The number of nitrogens with one attached hydrogen (secondary N) is 4. The molecule has 7 N–H and O–H groups in total. The van der Waals surface area contributed by atoms with Crippen molar-refractivity contribution in [2.24, 2.45) is 5.73 Å². The third kappa shape index (κ3) is 7.15. The van der Waals surface area contributed by atoms with E-state index < -0.39 is 22.0 Å². The summed E-state index contributed by atoms with van der Waals surface area (Å²) in [5, 5.41) is 22.3. The first-order valence-corrected chi connectivity index (χ1v) is 12.8. The van der Waals surface area contributed by atoms with Gasteiger partial charge in [0.1, 0.15) is 6.04 Å². The molecule has 10 nitrogen and oxygen atoms in total. The van der Waals surface area contributed by atoms with Gasteiger partial charge >= 0.3 is 5.97 Å². The molecule has 0 unspecified atom stereocenters. The molecule has 0 saturated carbocycles. The number of hydrogen-bond donors (Lipinski definition) is 6. The van der Waals surface area contributed by atoms with Gasteiger partial charge < -0.3 is 21.5 Å². The lowest BCUT2D eigenvalue weighted by Crippen LogP contribution is -2.42. The molecule has 1 atom stereocenters. The molecule has 37 heavy (non-hydrogen) atoms. The van der Waals surface area contributed by atoms with Gasteiger partial charge in [0.15, 0.2) is 5.96 Å². The van der Waals surface area contributed by atoms with Crippen molar-refractivity contribution in [2.45, 2.75) is 38.1 Å². The highest BCUT2D eigenvalue weighted by molar-refractivity contribution is 7.89. The summed E-state index contributed by atoms with van der Waals surface area (Å²) in [6.07, 6.45) is -0.0918. The summed E-state index contributed by atoms with van der Waals surface area (Å²) in [4.78, 5) is 24.6. The van der Waals surface area contributed by atoms with Crippen LogP contribution in [0.1, 0.15) is 32.6 Å². The summed E-state index contributed by atoms with van der Waals surface area (Å²) in [5.41, 5.74) is 9.19. The Labute approximate surface area is 215 Å². The Kier molecular flexibility index (Phi) is 8.31. The van der Waals surface area contributed by atoms with Gasteiger partial charge in [-0.25, -0.2) is 8.42 Å². The quantitative estimate of drug-likeness (QED) is 0.184. The smallest absolute Gasteiger partial charge is 0.322 e. The number of guanidine groups is 1. The Bertz CT molecular complexity index is 1430. The molecule has 0 bridgehead atoms. The highest BCUT2D eigenvalue weighted by atomic mass is 32.2. The topological polar surface area (TPSA) is 174 Å². The maximum Gasteiger partial charge on any atom is 0.322 e. The van der Waals surface area contributed by atoms with E-state index in [2.05, 4.69) is 15.4 Å². The standard InChI is InChI=1S/C26H29N5O5S/c1-15-11-16(2)23(17(3)12-15)37(35,36)31-22(25(33)34)13-18-7-9-20(10-8-18)29-24(32)19-5-4-6-21(14-19)30-26(27)28/h4-12,14,22,31H,13H2,1-3H3,(H,29,32)(H,33,34)(H4,27,28,30)/t22-/m0/s1. The monoisotopic (exact) mass is 523 g/mol. The number of carbonyl (C=O) groups is 2. The third-order valence-corrected chi connectivity index (χ3v) is 7.30. The van der Waals surface area contributed by atoms with Gasteiger partial charge in [-0.15, -0.1) is 0 Å². The van der Waals surface area contributed by atoms with Crippen LogP contribution < -0.4 is 21.1 Å². The number of benzene rings is 3. The first-order chi connectivity index (χ1) is 17.4. The average molecular weight is 524 g/mol. The van der Waals surface area contributed by atoms with Crippen molar-refractivity contribution in [1.29, 1.82) is 5.41 Å². The first-order valence-electron chi connectivity index (χ1n) is 11.3. The van der Waals surface area contributed by atoms with E-state index in [0.717, 1.165) is 5.56 Å². The molecule has 0 heterocycles. The van der Waals surface area contributed by atoms with E-state index in [1.165, 1.54) is 0 Å². The largest absolute Gasteiger partial charge is 0.480 e. The molecular weight excluding hydrogens is 494 g/mol.